The predicted octanol–water partition coefficient (Wildman–Crippen LogP) is 9.34. The molecule has 0 radical (unpaired) electrons. The van der Waals surface area contributed by atoms with Crippen molar-refractivity contribution >= 4 is 69.8 Å². The molecule has 1 N–H and O–H groups in total. The number of nitrogens with zero attached hydrogens (tertiary/aromatic N) is 8. The molecule has 0 aliphatic rings. The number of halogens is 1. The van der Waals surface area contributed by atoms with Crippen LogP contribution in [0.2, 0.25) is 25.7 Å². The number of aliphatic hydroxyl groups is 1. The number of aliphatic hydroxyl groups excluding tert-OH is 1. The number of aryl methyl sites for hydroxylation is 2. The smallest absolute Gasteiger partial charge is 0.410 e. The van der Waals surface area contributed by atoms with E-state index >= 15 is 4.39 Å². The van der Waals surface area contributed by atoms with Crippen molar-refractivity contribution in [2.45, 2.75) is 97.8 Å². The second-order valence-electron chi connectivity index (χ2n) is 19.8. The summed E-state index contributed by atoms with van der Waals surface area (Å²) in [5.41, 5.74) is 1.88. The first kappa shape index (κ1) is 54.7. The number of anilines is 2. The van der Waals surface area contributed by atoms with Gasteiger partial charge in [0.15, 0.2) is 38.8 Å². The van der Waals surface area contributed by atoms with Crippen LogP contribution in [-0.4, -0.2) is 134 Å². The Morgan fingerprint density at radius 2 is 1.77 bits per heavy atom. The van der Waals surface area contributed by atoms with Gasteiger partial charge in [0.25, 0.3) is 0 Å². The van der Waals surface area contributed by atoms with Gasteiger partial charge >= 0.3 is 12.1 Å². The molecule has 19 heteroatoms. The fraction of sp³-hybridized carbons (Fsp3) is 0.520. The van der Waals surface area contributed by atoms with Gasteiger partial charge in [-0.3, -0.25) is 4.57 Å². The van der Waals surface area contributed by atoms with Crippen molar-refractivity contribution in [2.24, 2.45) is 4.99 Å². The maximum absolute atomic E-state index is 15.1. The van der Waals surface area contributed by atoms with Crippen LogP contribution in [0.1, 0.15) is 72.9 Å². The molecular formula is C50H70FN8O7S2Si+. The molecule has 0 spiro atoms. The van der Waals surface area contributed by atoms with Crippen molar-refractivity contribution in [3.63, 3.8) is 0 Å². The van der Waals surface area contributed by atoms with Crippen LogP contribution in [0.15, 0.2) is 53.5 Å². The summed E-state index contributed by atoms with van der Waals surface area (Å²) in [6.45, 7) is 18.0. The van der Waals surface area contributed by atoms with Gasteiger partial charge in [-0.1, -0.05) is 55.0 Å². The third-order valence-corrected chi connectivity index (χ3v) is 14.8. The number of aromatic nitrogens is 4. The molecule has 1 amide bonds. The van der Waals surface area contributed by atoms with Gasteiger partial charge in [-0.15, -0.1) is 21.5 Å². The minimum absolute atomic E-state index is 0.0754. The standard InChI is InChI=1S/C50H70FN8O7S2Si/c1-36-33-43(54-55-45(36)53-48-58(35-64-31-32-69(9,10)11)39-20-13-14-21-41(39)67-48)57(26-15-12-16-27-59(6,7)28-29-60)47-52-44(46(61)63-8)42(68-47)22-18-30-65-40-24-23-37(34-38(40)51)19-17-25-56(5)49(62)66-50(2,3)4/h13-14,20-21,23-24,33-34,60H,12,15-16,18,22,25-32,35H2,1-11H3/q+1. The van der Waals surface area contributed by atoms with E-state index in [1.165, 1.54) is 35.5 Å². The molecule has 0 unspecified atom stereocenters. The van der Waals surface area contributed by atoms with E-state index in [2.05, 4.69) is 67.4 Å². The monoisotopic (exact) mass is 1010 g/mol. The van der Waals surface area contributed by atoms with Crippen LogP contribution in [-0.2, 0) is 27.4 Å². The van der Waals surface area contributed by atoms with Gasteiger partial charge in [-0.05, 0) is 108 Å². The van der Waals surface area contributed by atoms with Gasteiger partial charge in [0.2, 0.25) is 0 Å². The largest absolute Gasteiger partial charge is 0.491 e. The lowest BCUT2D eigenvalue weighted by molar-refractivity contribution is -0.890. The van der Waals surface area contributed by atoms with Gasteiger partial charge < -0.3 is 38.3 Å². The number of amides is 1. The van der Waals surface area contributed by atoms with Crippen molar-refractivity contribution < 1.29 is 42.5 Å². The Morgan fingerprint density at radius 1 is 1.00 bits per heavy atom. The number of thiazole rings is 2. The van der Waals surface area contributed by atoms with Crippen molar-refractivity contribution in [3.05, 3.63) is 80.8 Å². The summed E-state index contributed by atoms with van der Waals surface area (Å²) in [5, 5.41) is 19.5. The first-order valence-electron chi connectivity index (χ1n) is 23.4. The summed E-state index contributed by atoms with van der Waals surface area (Å²) in [5.74, 6) is 5.77. The molecule has 0 bridgehead atoms. The number of benzene rings is 2. The van der Waals surface area contributed by atoms with Crippen LogP contribution < -0.4 is 14.4 Å². The van der Waals surface area contributed by atoms with E-state index in [1.807, 2.05) is 30.0 Å². The first-order valence-corrected chi connectivity index (χ1v) is 28.7. The number of hydrogen-bond acceptors (Lipinski definition) is 14. The molecule has 0 fully saturated rings. The average Bonchev–Trinajstić information content (AvgIpc) is 3.86. The quantitative estimate of drug-likeness (QED) is 0.0219. The molecule has 5 rings (SSSR count). The highest BCUT2D eigenvalue weighted by Crippen LogP contribution is 2.34. The number of fused-ring (bicyclic) bond motifs is 1. The number of carbonyl (C=O) groups excluding carboxylic acids is 2. The van der Waals surface area contributed by atoms with E-state index in [4.69, 9.17) is 34.0 Å². The topological polar surface area (TPSA) is 154 Å². The summed E-state index contributed by atoms with van der Waals surface area (Å²) in [6.07, 6.45) is 3.07. The number of esters is 1. The Labute approximate surface area is 415 Å². The maximum Gasteiger partial charge on any atom is 0.410 e. The number of methoxy groups -OCH3 is 1. The summed E-state index contributed by atoms with van der Waals surface area (Å²) in [7, 11) is 5.89. The van der Waals surface area contributed by atoms with E-state index in [1.54, 1.807) is 45.2 Å². The Hall–Kier alpha value is -5.23. The Bertz CT molecular complexity index is 2650. The SMILES string of the molecule is COC(=O)c1nc(N(CCCCC[N+](C)(C)CCO)c2cc(C)c(N=c3sc4ccccc4n3COCC[Si](C)(C)C)nn2)sc1CCCOc1ccc(C#CCN(C)C(=O)OC(C)(C)C)cc1F. The number of hydrogen-bond donors (Lipinski definition) is 1. The van der Waals surface area contributed by atoms with Crippen LogP contribution in [0, 0.1) is 24.6 Å². The minimum atomic E-state index is -1.26. The highest BCUT2D eigenvalue weighted by atomic mass is 32.1. The molecule has 0 saturated heterocycles. The molecule has 0 aliphatic heterocycles. The summed E-state index contributed by atoms with van der Waals surface area (Å²) < 4.78 is 41.6. The molecular weight excluding hydrogens is 936 g/mol. The third kappa shape index (κ3) is 17.0. The zero-order valence-electron chi connectivity index (χ0n) is 42.2. The number of quaternary nitrogens is 1. The molecule has 0 atom stereocenters. The van der Waals surface area contributed by atoms with Crippen LogP contribution in [0.25, 0.3) is 10.2 Å². The zero-order valence-corrected chi connectivity index (χ0v) is 44.8. The maximum atomic E-state index is 15.1. The Kier molecular flexibility index (Phi) is 19.9. The highest BCUT2D eigenvalue weighted by Gasteiger charge is 2.25. The van der Waals surface area contributed by atoms with Crippen LogP contribution in [0.4, 0.5) is 26.0 Å². The molecule has 5 aromatic rings. The normalized spacial score (nSPS) is 12.2. The summed E-state index contributed by atoms with van der Waals surface area (Å²) >= 11 is 2.95. The average molecular weight is 1010 g/mol. The third-order valence-electron chi connectivity index (χ3n) is 10.9. The lowest BCUT2D eigenvalue weighted by Crippen LogP contribution is -2.42. The molecule has 3 heterocycles. The van der Waals surface area contributed by atoms with Gasteiger partial charge in [-0.25, -0.2) is 19.0 Å². The summed E-state index contributed by atoms with van der Waals surface area (Å²) in [6, 6.07) is 15.7. The second-order valence-corrected chi connectivity index (χ2v) is 27.5. The molecule has 0 saturated carbocycles. The number of para-hydroxylation sites is 1. The fourth-order valence-electron chi connectivity index (χ4n) is 6.90. The molecule has 0 aliphatic carbocycles. The molecule has 69 heavy (non-hydrogen) atoms. The van der Waals surface area contributed by atoms with Crippen molar-refractivity contribution in [3.8, 4) is 17.6 Å². The highest BCUT2D eigenvalue weighted by molar-refractivity contribution is 7.16. The van der Waals surface area contributed by atoms with E-state index < -0.39 is 31.6 Å². The van der Waals surface area contributed by atoms with Gasteiger partial charge in [0.1, 0.15) is 18.9 Å². The Balaban J connectivity index is 1.34. The molecule has 3 aromatic heterocycles. The number of rotatable bonds is 23. The van der Waals surface area contributed by atoms with Crippen molar-refractivity contribution in [1.82, 2.24) is 24.6 Å². The first-order chi connectivity index (χ1) is 32.7. The van der Waals surface area contributed by atoms with E-state index in [9.17, 15) is 14.7 Å². The van der Waals surface area contributed by atoms with Crippen molar-refractivity contribution in [1.29, 1.82) is 0 Å². The van der Waals surface area contributed by atoms with E-state index in [0.717, 1.165) is 56.9 Å². The Morgan fingerprint density at radius 3 is 2.46 bits per heavy atom. The zero-order chi connectivity index (χ0) is 50.4. The number of ether oxygens (including phenoxy) is 4. The van der Waals surface area contributed by atoms with E-state index in [0.29, 0.717) is 66.5 Å². The molecule has 15 nitrogen and oxygen atoms in total. The van der Waals surface area contributed by atoms with Crippen LogP contribution >= 0.6 is 22.7 Å². The number of likely N-dealkylation sites (N-methyl/N-ethyl adjacent to an activating group) is 1. The number of unbranched alkanes of at least 4 members (excludes halogenated alkanes) is 2. The van der Waals surface area contributed by atoms with E-state index in [-0.39, 0.29) is 31.2 Å². The van der Waals surface area contributed by atoms with Crippen LogP contribution in [0.5, 0.6) is 5.75 Å². The second kappa shape index (κ2) is 25.1. The summed E-state index contributed by atoms with van der Waals surface area (Å²) in [4.78, 5) is 40.1. The van der Waals surface area contributed by atoms with Gasteiger partial charge in [0, 0.05) is 38.7 Å². The van der Waals surface area contributed by atoms with Crippen molar-refractivity contribution in [2.75, 3.05) is 79.2 Å². The lowest BCUT2D eigenvalue weighted by atomic mass is 10.2. The molecule has 2 aromatic carbocycles. The predicted molar refractivity (Wildman–Crippen MR) is 275 cm³/mol. The lowest BCUT2D eigenvalue weighted by Gasteiger charge is -2.29. The minimum Gasteiger partial charge on any atom is -0.491 e. The molecule has 374 valence electrons. The van der Waals surface area contributed by atoms with Gasteiger partial charge in [-0.2, -0.15) is 4.99 Å². The fourth-order valence-corrected chi connectivity index (χ4v) is 9.80. The number of carbonyl (C=O) groups is 2. The van der Waals surface area contributed by atoms with Crippen LogP contribution in [0.3, 0.4) is 0 Å². The van der Waals surface area contributed by atoms with Gasteiger partial charge in [0.05, 0.1) is 57.7 Å².